The van der Waals surface area contributed by atoms with Crippen LogP contribution >= 0.6 is 0 Å². The number of aryl methyl sites for hydroxylation is 1. The lowest BCUT2D eigenvalue weighted by molar-refractivity contribution is -0.293. The maximum absolute atomic E-state index is 12.8. The summed E-state index contributed by atoms with van der Waals surface area (Å²) in [5.74, 6) is -3.77. The van der Waals surface area contributed by atoms with Gasteiger partial charge in [-0.15, -0.1) is 0 Å². The molecular formula is C11H15F6N3. The van der Waals surface area contributed by atoms with Gasteiger partial charge in [0.1, 0.15) is 5.82 Å². The molecule has 20 heavy (non-hydrogen) atoms. The molecule has 0 saturated carbocycles. The van der Waals surface area contributed by atoms with Crippen LogP contribution in [-0.2, 0) is 6.54 Å². The lowest BCUT2D eigenvalue weighted by atomic mass is 9.97. The minimum absolute atomic E-state index is 0.0378. The van der Waals surface area contributed by atoms with Gasteiger partial charge in [-0.1, -0.05) is 6.92 Å². The van der Waals surface area contributed by atoms with Crippen molar-refractivity contribution < 1.29 is 26.3 Å². The second kappa shape index (κ2) is 6.02. The third-order valence-electron chi connectivity index (χ3n) is 2.83. The highest BCUT2D eigenvalue weighted by Crippen LogP contribution is 2.46. The Morgan fingerprint density at radius 1 is 1.15 bits per heavy atom. The van der Waals surface area contributed by atoms with E-state index in [0.717, 1.165) is 0 Å². The van der Waals surface area contributed by atoms with Crippen LogP contribution in [0.1, 0.15) is 25.7 Å². The van der Waals surface area contributed by atoms with Crippen LogP contribution in [0.2, 0.25) is 0 Å². The Hall–Kier alpha value is -1.25. The van der Waals surface area contributed by atoms with E-state index in [2.05, 4.69) is 10.3 Å². The van der Waals surface area contributed by atoms with E-state index in [1.165, 1.54) is 23.9 Å². The van der Waals surface area contributed by atoms with Gasteiger partial charge in [0.15, 0.2) is 5.92 Å². The molecule has 0 aliphatic heterocycles. The van der Waals surface area contributed by atoms with Crippen molar-refractivity contribution in [2.45, 2.75) is 38.8 Å². The Morgan fingerprint density at radius 3 is 2.10 bits per heavy atom. The lowest BCUT2D eigenvalue weighted by Crippen LogP contribution is -2.46. The maximum atomic E-state index is 12.8. The number of nitrogens with zero attached hydrogens (tertiary/aromatic N) is 2. The van der Waals surface area contributed by atoms with Crippen LogP contribution in [0, 0.1) is 5.92 Å². The molecule has 0 aliphatic carbocycles. The predicted molar refractivity (Wildman–Crippen MR) is 59.9 cm³/mol. The van der Waals surface area contributed by atoms with Gasteiger partial charge in [-0.25, -0.2) is 4.98 Å². The first-order valence-corrected chi connectivity index (χ1v) is 6.00. The number of hydrogen-bond donors (Lipinski definition) is 1. The van der Waals surface area contributed by atoms with E-state index in [0.29, 0.717) is 0 Å². The smallest absolute Gasteiger partial charge is 0.334 e. The number of nitrogens with one attached hydrogen (secondary N) is 1. The highest BCUT2D eigenvalue weighted by Gasteiger charge is 2.61. The Bertz CT molecular complexity index is 409. The fourth-order valence-corrected chi connectivity index (χ4v) is 2.01. The molecule has 116 valence electrons. The van der Waals surface area contributed by atoms with Crippen molar-refractivity contribution >= 4 is 0 Å². The summed E-state index contributed by atoms with van der Waals surface area (Å²) >= 11 is 0. The average molecular weight is 303 g/mol. The van der Waals surface area contributed by atoms with Gasteiger partial charge < -0.3 is 9.88 Å². The Morgan fingerprint density at radius 2 is 1.70 bits per heavy atom. The van der Waals surface area contributed by atoms with Crippen LogP contribution in [0.4, 0.5) is 26.3 Å². The van der Waals surface area contributed by atoms with E-state index >= 15 is 0 Å². The molecule has 0 saturated heterocycles. The van der Waals surface area contributed by atoms with Crippen molar-refractivity contribution in [2.75, 3.05) is 6.54 Å². The molecule has 9 heteroatoms. The fourth-order valence-electron chi connectivity index (χ4n) is 2.01. The second-order valence-electron chi connectivity index (χ2n) is 4.17. The SMILES string of the molecule is CCNC(c1nccn1CC)C(C(F)(F)F)C(F)(F)F. The normalized spacial score (nSPS) is 14.8. The maximum Gasteiger partial charge on any atom is 0.402 e. The van der Waals surface area contributed by atoms with Crippen molar-refractivity contribution in [3.63, 3.8) is 0 Å². The monoisotopic (exact) mass is 303 g/mol. The van der Waals surface area contributed by atoms with Gasteiger partial charge in [-0.2, -0.15) is 26.3 Å². The van der Waals surface area contributed by atoms with Crippen molar-refractivity contribution in [1.82, 2.24) is 14.9 Å². The van der Waals surface area contributed by atoms with Crippen LogP contribution in [0.5, 0.6) is 0 Å². The van der Waals surface area contributed by atoms with Gasteiger partial charge in [-0.3, -0.25) is 0 Å². The fraction of sp³-hybridized carbons (Fsp3) is 0.727. The first-order valence-electron chi connectivity index (χ1n) is 6.00. The van der Waals surface area contributed by atoms with Crippen molar-refractivity contribution in [2.24, 2.45) is 5.92 Å². The van der Waals surface area contributed by atoms with Gasteiger partial charge in [0.25, 0.3) is 0 Å². The third kappa shape index (κ3) is 3.65. The summed E-state index contributed by atoms with van der Waals surface area (Å²) in [7, 11) is 0. The molecule has 1 N–H and O–H groups in total. The Kier molecular flexibility index (Phi) is 5.06. The standard InChI is InChI=1S/C11H15F6N3/c1-3-18-7(9-19-5-6-20(9)4-2)8(10(12,13)14)11(15,16)17/h5-8,18H,3-4H2,1-2H3. The predicted octanol–water partition coefficient (Wildman–Crippen LogP) is 3.29. The molecule has 0 fully saturated rings. The quantitative estimate of drug-likeness (QED) is 0.846. The molecule has 0 aromatic carbocycles. The number of hydrogen-bond acceptors (Lipinski definition) is 2. The molecule has 0 radical (unpaired) electrons. The summed E-state index contributed by atoms with van der Waals surface area (Å²) < 4.78 is 78.2. The van der Waals surface area contributed by atoms with Crippen molar-refractivity contribution in [1.29, 1.82) is 0 Å². The van der Waals surface area contributed by atoms with Crippen LogP contribution in [0.15, 0.2) is 12.4 Å². The molecular weight excluding hydrogens is 288 g/mol. The van der Waals surface area contributed by atoms with Crippen molar-refractivity contribution in [3.05, 3.63) is 18.2 Å². The lowest BCUT2D eigenvalue weighted by Gasteiger charge is -2.31. The second-order valence-corrected chi connectivity index (χ2v) is 4.17. The summed E-state index contributed by atoms with van der Waals surface area (Å²) in [5, 5.41) is 2.25. The van der Waals surface area contributed by atoms with E-state index in [1.807, 2.05) is 0 Å². The van der Waals surface area contributed by atoms with E-state index in [-0.39, 0.29) is 18.9 Å². The summed E-state index contributed by atoms with van der Waals surface area (Å²) in [4.78, 5) is 3.65. The molecule has 0 amide bonds. The molecule has 1 aromatic rings. The van der Waals surface area contributed by atoms with E-state index in [1.54, 1.807) is 6.92 Å². The molecule has 1 unspecified atom stereocenters. The van der Waals surface area contributed by atoms with Gasteiger partial charge in [0.05, 0.1) is 6.04 Å². The number of aromatic nitrogens is 2. The number of imidazole rings is 1. The molecule has 3 nitrogen and oxygen atoms in total. The zero-order chi connectivity index (χ0) is 15.6. The van der Waals surface area contributed by atoms with E-state index in [9.17, 15) is 26.3 Å². The summed E-state index contributed by atoms with van der Waals surface area (Å²) in [6.07, 6.45) is -8.28. The topological polar surface area (TPSA) is 29.9 Å². The van der Waals surface area contributed by atoms with Crippen LogP contribution in [0.25, 0.3) is 0 Å². The van der Waals surface area contributed by atoms with Gasteiger partial charge >= 0.3 is 12.4 Å². The number of halogens is 6. The van der Waals surface area contributed by atoms with E-state index < -0.39 is 24.3 Å². The first-order chi connectivity index (χ1) is 9.12. The van der Waals surface area contributed by atoms with Gasteiger partial charge in [-0.05, 0) is 13.5 Å². The summed E-state index contributed by atoms with van der Waals surface area (Å²) in [6.45, 7) is 3.25. The van der Waals surface area contributed by atoms with Crippen LogP contribution < -0.4 is 5.32 Å². The minimum atomic E-state index is -5.41. The molecule has 1 rings (SSSR count). The molecule has 1 aromatic heterocycles. The third-order valence-corrected chi connectivity index (χ3v) is 2.83. The molecule has 1 atom stereocenters. The number of rotatable bonds is 5. The Balaban J connectivity index is 3.29. The van der Waals surface area contributed by atoms with Crippen LogP contribution in [0.3, 0.4) is 0 Å². The first kappa shape index (κ1) is 16.8. The summed E-state index contributed by atoms with van der Waals surface area (Å²) in [6, 6.07) is -1.96. The Labute approximate surface area is 112 Å². The molecule has 0 spiro atoms. The largest absolute Gasteiger partial charge is 0.402 e. The minimum Gasteiger partial charge on any atom is -0.334 e. The number of alkyl halides is 6. The van der Waals surface area contributed by atoms with Gasteiger partial charge in [0.2, 0.25) is 0 Å². The van der Waals surface area contributed by atoms with Gasteiger partial charge in [0, 0.05) is 18.9 Å². The average Bonchev–Trinajstić information content (AvgIpc) is 2.72. The highest BCUT2D eigenvalue weighted by molar-refractivity contribution is 5.05. The zero-order valence-electron chi connectivity index (χ0n) is 10.9. The molecule has 0 aliphatic rings. The van der Waals surface area contributed by atoms with Crippen LogP contribution in [-0.4, -0.2) is 28.4 Å². The molecule has 0 bridgehead atoms. The highest BCUT2D eigenvalue weighted by atomic mass is 19.4. The van der Waals surface area contributed by atoms with Crippen molar-refractivity contribution in [3.8, 4) is 0 Å². The summed E-state index contributed by atoms with van der Waals surface area (Å²) in [5.41, 5.74) is 0. The van der Waals surface area contributed by atoms with E-state index in [4.69, 9.17) is 0 Å². The molecule has 1 heterocycles. The zero-order valence-corrected chi connectivity index (χ0v) is 10.9.